The standard InChI is InChI=1S/C19H20O3/c1-11-9-18-16(10-17(11)21)14-3-2-4-15(14)19(22-18)12-5-7-13(20)8-6-12/h5-10,14-15,19-21H,2-4H2,1H3/t14?,15?,19-/m0/s1. The molecule has 0 aromatic heterocycles. The highest BCUT2D eigenvalue weighted by atomic mass is 16.5. The second kappa shape index (κ2) is 4.94. The average Bonchev–Trinajstić information content (AvgIpc) is 2.99. The third-order valence-corrected chi connectivity index (χ3v) is 5.16. The van der Waals surface area contributed by atoms with Crippen LogP contribution in [0.5, 0.6) is 17.2 Å². The average molecular weight is 296 g/mol. The molecule has 0 saturated heterocycles. The van der Waals surface area contributed by atoms with Crippen molar-refractivity contribution in [2.24, 2.45) is 5.92 Å². The lowest BCUT2D eigenvalue weighted by atomic mass is 9.79. The Morgan fingerprint density at radius 1 is 1.05 bits per heavy atom. The van der Waals surface area contributed by atoms with E-state index in [0.29, 0.717) is 17.6 Å². The first kappa shape index (κ1) is 13.5. The maximum Gasteiger partial charge on any atom is 0.127 e. The van der Waals surface area contributed by atoms with Gasteiger partial charge in [0.1, 0.15) is 23.4 Å². The van der Waals surface area contributed by atoms with E-state index < -0.39 is 0 Å². The molecule has 0 radical (unpaired) electrons. The van der Waals surface area contributed by atoms with Crippen molar-refractivity contribution in [2.45, 2.75) is 38.2 Å². The van der Waals surface area contributed by atoms with Gasteiger partial charge < -0.3 is 14.9 Å². The molecular weight excluding hydrogens is 276 g/mol. The van der Waals surface area contributed by atoms with Gasteiger partial charge in [-0.1, -0.05) is 18.6 Å². The van der Waals surface area contributed by atoms with E-state index in [0.717, 1.165) is 35.3 Å². The fourth-order valence-electron chi connectivity index (χ4n) is 4.02. The van der Waals surface area contributed by atoms with Crippen LogP contribution >= 0.6 is 0 Å². The van der Waals surface area contributed by atoms with Crippen molar-refractivity contribution in [1.82, 2.24) is 0 Å². The second-order valence-electron chi connectivity index (χ2n) is 6.51. The number of hydrogen-bond acceptors (Lipinski definition) is 3. The summed E-state index contributed by atoms with van der Waals surface area (Å²) in [4.78, 5) is 0. The van der Waals surface area contributed by atoms with E-state index in [1.165, 1.54) is 6.42 Å². The van der Waals surface area contributed by atoms with Crippen molar-refractivity contribution < 1.29 is 14.9 Å². The fraction of sp³-hybridized carbons (Fsp3) is 0.368. The monoisotopic (exact) mass is 296 g/mol. The van der Waals surface area contributed by atoms with E-state index >= 15 is 0 Å². The molecule has 0 amide bonds. The molecule has 0 spiro atoms. The van der Waals surface area contributed by atoms with Crippen molar-refractivity contribution in [3.05, 3.63) is 53.1 Å². The van der Waals surface area contributed by atoms with Crippen LogP contribution in [0.25, 0.3) is 0 Å². The van der Waals surface area contributed by atoms with Gasteiger partial charge in [-0.3, -0.25) is 0 Å². The minimum absolute atomic E-state index is 0.0320. The number of hydrogen-bond donors (Lipinski definition) is 2. The second-order valence-corrected chi connectivity index (χ2v) is 6.51. The lowest BCUT2D eigenvalue weighted by Gasteiger charge is -2.36. The zero-order valence-electron chi connectivity index (χ0n) is 12.6. The van der Waals surface area contributed by atoms with Gasteiger partial charge in [0.25, 0.3) is 0 Å². The minimum Gasteiger partial charge on any atom is -0.508 e. The van der Waals surface area contributed by atoms with Gasteiger partial charge in [-0.25, -0.2) is 0 Å². The molecule has 1 saturated carbocycles. The molecule has 1 heterocycles. The highest BCUT2D eigenvalue weighted by molar-refractivity contribution is 5.49. The molecule has 3 atom stereocenters. The van der Waals surface area contributed by atoms with Crippen molar-refractivity contribution in [2.75, 3.05) is 0 Å². The van der Waals surface area contributed by atoms with Crippen LogP contribution in [0.4, 0.5) is 0 Å². The number of phenols is 2. The minimum atomic E-state index is 0.0320. The molecule has 1 aliphatic heterocycles. The van der Waals surface area contributed by atoms with Gasteiger partial charge in [0.2, 0.25) is 0 Å². The van der Waals surface area contributed by atoms with E-state index in [-0.39, 0.29) is 11.9 Å². The van der Waals surface area contributed by atoms with Crippen LogP contribution in [-0.4, -0.2) is 10.2 Å². The summed E-state index contributed by atoms with van der Waals surface area (Å²) in [6.45, 7) is 1.90. The van der Waals surface area contributed by atoms with Gasteiger partial charge in [0, 0.05) is 11.5 Å². The van der Waals surface area contributed by atoms with Crippen LogP contribution in [0.15, 0.2) is 36.4 Å². The van der Waals surface area contributed by atoms with E-state index in [1.807, 2.05) is 31.2 Å². The SMILES string of the molecule is Cc1cc2c(cc1O)C1CCCC1[C@H](c1ccc(O)cc1)O2. The normalized spacial score (nSPS) is 26.1. The first-order valence-electron chi connectivity index (χ1n) is 7.92. The summed E-state index contributed by atoms with van der Waals surface area (Å²) >= 11 is 0. The number of benzene rings is 2. The molecule has 2 N–H and O–H groups in total. The molecule has 1 fully saturated rings. The van der Waals surface area contributed by atoms with Crippen LogP contribution in [0.2, 0.25) is 0 Å². The Morgan fingerprint density at radius 3 is 2.59 bits per heavy atom. The molecule has 2 unspecified atom stereocenters. The number of ether oxygens (including phenoxy) is 1. The van der Waals surface area contributed by atoms with Gasteiger partial charge >= 0.3 is 0 Å². The highest BCUT2D eigenvalue weighted by Gasteiger charge is 2.42. The molecule has 3 nitrogen and oxygen atoms in total. The van der Waals surface area contributed by atoms with Crippen LogP contribution in [-0.2, 0) is 0 Å². The van der Waals surface area contributed by atoms with E-state index in [4.69, 9.17) is 4.74 Å². The van der Waals surface area contributed by atoms with Crippen LogP contribution in [0.1, 0.15) is 48.0 Å². The van der Waals surface area contributed by atoms with Gasteiger partial charge in [-0.2, -0.15) is 0 Å². The van der Waals surface area contributed by atoms with Gasteiger partial charge in [-0.05, 0) is 61.1 Å². The summed E-state index contributed by atoms with van der Waals surface area (Å²) in [5, 5.41) is 19.5. The van der Waals surface area contributed by atoms with Crippen LogP contribution < -0.4 is 4.74 Å². The summed E-state index contributed by atoms with van der Waals surface area (Å²) in [7, 11) is 0. The Kier molecular flexibility index (Phi) is 3.03. The maximum absolute atomic E-state index is 10.0. The molecule has 1 aliphatic carbocycles. The molecule has 2 aromatic carbocycles. The predicted molar refractivity (Wildman–Crippen MR) is 84.4 cm³/mol. The fourth-order valence-corrected chi connectivity index (χ4v) is 4.02. The Hall–Kier alpha value is -2.16. The van der Waals surface area contributed by atoms with Gasteiger partial charge in [-0.15, -0.1) is 0 Å². The topological polar surface area (TPSA) is 49.7 Å². The molecule has 0 bridgehead atoms. The van der Waals surface area contributed by atoms with Crippen molar-refractivity contribution in [3.63, 3.8) is 0 Å². The van der Waals surface area contributed by atoms with Gasteiger partial charge in [0.15, 0.2) is 0 Å². The van der Waals surface area contributed by atoms with Crippen molar-refractivity contribution in [1.29, 1.82) is 0 Å². The molecule has 2 aliphatic rings. The summed E-state index contributed by atoms with van der Waals surface area (Å²) in [5.41, 5.74) is 3.12. The third-order valence-electron chi connectivity index (χ3n) is 5.16. The summed E-state index contributed by atoms with van der Waals surface area (Å²) < 4.78 is 6.31. The lowest BCUT2D eigenvalue weighted by Crippen LogP contribution is -2.26. The maximum atomic E-state index is 10.0. The first-order valence-corrected chi connectivity index (χ1v) is 7.92. The number of fused-ring (bicyclic) bond motifs is 3. The number of rotatable bonds is 1. The van der Waals surface area contributed by atoms with Gasteiger partial charge in [0.05, 0.1) is 0 Å². The Balaban J connectivity index is 1.79. The lowest BCUT2D eigenvalue weighted by molar-refractivity contribution is 0.104. The van der Waals surface area contributed by atoms with E-state index in [9.17, 15) is 10.2 Å². The predicted octanol–water partition coefficient (Wildman–Crippen LogP) is 4.42. The largest absolute Gasteiger partial charge is 0.508 e. The number of aryl methyl sites for hydroxylation is 1. The Bertz CT molecular complexity index is 705. The van der Waals surface area contributed by atoms with Crippen molar-refractivity contribution >= 4 is 0 Å². The zero-order valence-corrected chi connectivity index (χ0v) is 12.6. The summed E-state index contributed by atoms with van der Waals surface area (Å²) in [5.74, 6) is 2.43. The van der Waals surface area contributed by atoms with Crippen LogP contribution in [0, 0.1) is 12.8 Å². The molecule has 22 heavy (non-hydrogen) atoms. The molecule has 4 rings (SSSR count). The molecule has 2 aromatic rings. The quantitative estimate of drug-likeness (QED) is 0.818. The third kappa shape index (κ3) is 2.04. The van der Waals surface area contributed by atoms with E-state index in [2.05, 4.69) is 0 Å². The number of aromatic hydroxyl groups is 2. The zero-order chi connectivity index (χ0) is 15.3. The molecular formula is C19H20O3. The first-order chi connectivity index (χ1) is 10.6. The summed E-state index contributed by atoms with van der Waals surface area (Å²) in [6.07, 6.45) is 3.52. The highest BCUT2D eigenvalue weighted by Crippen LogP contribution is 2.54. The summed E-state index contributed by atoms with van der Waals surface area (Å²) in [6, 6.07) is 11.2. The molecule has 114 valence electrons. The number of phenolic OH excluding ortho intramolecular Hbond substituents is 2. The smallest absolute Gasteiger partial charge is 0.127 e. The Morgan fingerprint density at radius 2 is 1.82 bits per heavy atom. The molecule has 3 heteroatoms. The van der Waals surface area contributed by atoms with Crippen LogP contribution in [0.3, 0.4) is 0 Å². The van der Waals surface area contributed by atoms with E-state index in [1.54, 1.807) is 12.1 Å². The Labute approximate surface area is 130 Å². The van der Waals surface area contributed by atoms with Crippen molar-refractivity contribution in [3.8, 4) is 17.2 Å².